The van der Waals surface area contributed by atoms with Gasteiger partial charge < -0.3 is 14.2 Å². The van der Waals surface area contributed by atoms with E-state index in [1.807, 2.05) is 71.9 Å². The molecule has 3 atom stereocenters. The predicted molar refractivity (Wildman–Crippen MR) is 127 cm³/mol. The molecule has 2 saturated heterocycles. The lowest BCUT2D eigenvalue weighted by Gasteiger charge is -2.36. The Hall–Kier alpha value is -2.61. The van der Waals surface area contributed by atoms with Crippen LogP contribution in [0.15, 0.2) is 30.3 Å². The number of ether oxygens (including phenoxy) is 3. The normalized spacial score (nSPS) is 23.1. The summed E-state index contributed by atoms with van der Waals surface area (Å²) >= 11 is 0. The minimum Gasteiger partial charge on any atom is -0.447 e. The Morgan fingerprint density at radius 2 is 1.82 bits per heavy atom. The first kappa shape index (κ1) is 26.0. The fourth-order valence-corrected chi connectivity index (χ4v) is 4.72. The van der Waals surface area contributed by atoms with Gasteiger partial charge in [0.05, 0.1) is 18.7 Å². The van der Waals surface area contributed by atoms with Crippen molar-refractivity contribution in [3.63, 3.8) is 0 Å². The summed E-state index contributed by atoms with van der Waals surface area (Å²) in [4.78, 5) is 42.1. The van der Waals surface area contributed by atoms with Crippen LogP contribution in [0.3, 0.4) is 0 Å². The first-order valence-electron chi connectivity index (χ1n) is 12.1. The van der Waals surface area contributed by atoms with Crippen molar-refractivity contribution < 1.29 is 28.6 Å². The molecule has 0 N–H and O–H groups in total. The maximum atomic E-state index is 13.7. The van der Waals surface area contributed by atoms with Crippen LogP contribution in [0.4, 0.5) is 9.59 Å². The van der Waals surface area contributed by atoms with E-state index in [1.54, 1.807) is 4.90 Å². The lowest BCUT2D eigenvalue weighted by Crippen LogP contribution is -2.51. The molecule has 3 amide bonds. The molecule has 34 heavy (non-hydrogen) atoms. The van der Waals surface area contributed by atoms with E-state index in [9.17, 15) is 14.4 Å². The molecule has 3 unspecified atom stereocenters. The highest BCUT2D eigenvalue weighted by Gasteiger charge is 2.48. The van der Waals surface area contributed by atoms with E-state index in [0.29, 0.717) is 25.9 Å². The zero-order valence-corrected chi connectivity index (χ0v) is 21.2. The van der Waals surface area contributed by atoms with Gasteiger partial charge in [-0.05, 0) is 59.4 Å². The molecule has 0 saturated carbocycles. The van der Waals surface area contributed by atoms with Crippen molar-refractivity contribution in [3.8, 4) is 0 Å². The Balaban J connectivity index is 1.78. The molecule has 8 nitrogen and oxygen atoms in total. The van der Waals surface area contributed by atoms with Crippen molar-refractivity contribution in [1.29, 1.82) is 0 Å². The molecule has 2 aliphatic heterocycles. The van der Waals surface area contributed by atoms with Crippen LogP contribution in [0.25, 0.3) is 0 Å². The Morgan fingerprint density at radius 3 is 2.44 bits per heavy atom. The summed E-state index contributed by atoms with van der Waals surface area (Å²) < 4.78 is 16.8. The second kappa shape index (κ2) is 10.3. The number of imide groups is 1. The molecule has 8 heteroatoms. The quantitative estimate of drug-likeness (QED) is 0.567. The number of carbonyl (C=O) groups is 3. The molecule has 1 aromatic carbocycles. The van der Waals surface area contributed by atoms with Gasteiger partial charge in [0.2, 0.25) is 5.91 Å². The molecule has 0 aliphatic carbocycles. The second-order valence-corrected chi connectivity index (χ2v) is 10.6. The van der Waals surface area contributed by atoms with Crippen LogP contribution >= 0.6 is 0 Å². The molecule has 2 heterocycles. The van der Waals surface area contributed by atoms with Crippen LogP contribution < -0.4 is 0 Å². The van der Waals surface area contributed by atoms with Crippen LogP contribution in [0.2, 0.25) is 0 Å². The van der Waals surface area contributed by atoms with Crippen molar-refractivity contribution in [1.82, 2.24) is 9.80 Å². The average Bonchev–Trinajstić information content (AvgIpc) is 3.25. The predicted octanol–water partition coefficient (Wildman–Crippen LogP) is 4.75. The molecule has 0 bridgehead atoms. The Kier molecular flexibility index (Phi) is 7.91. The van der Waals surface area contributed by atoms with Gasteiger partial charge in [0.25, 0.3) is 0 Å². The molecule has 0 aromatic heterocycles. The lowest BCUT2D eigenvalue weighted by atomic mass is 9.92. The molecule has 188 valence electrons. The van der Waals surface area contributed by atoms with Crippen LogP contribution in [0.1, 0.15) is 66.4 Å². The Bertz CT molecular complexity index is 879. The van der Waals surface area contributed by atoms with Gasteiger partial charge in [0, 0.05) is 5.92 Å². The number of nitrogens with zero attached hydrogens (tertiary/aromatic N) is 2. The molecule has 0 spiro atoms. The number of hydrogen-bond donors (Lipinski definition) is 0. The summed E-state index contributed by atoms with van der Waals surface area (Å²) in [6.45, 7) is 11.6. The monoisotopic (exact) mass is 474 g/mol. The van der Waals surface area contributed by atoms with E-state index in [-0.39, 0.29) is 24.6 Å². The maximum absolute atomic E-state index is 13.7. The third kappa shape index (κ3) is 6.09. The van der Waals surface area contributed by atoms with E-state index >= 15 is 0 Å². The highest BCUT2D eigenvalue weighted by molar-refractivity contribution is 5.94. The fraction of sp³-hybridized carbons (Fsp3) is 0.654. The number of benzene rings is 1. The fourth-order valence-electron chi connectivity index (χ4n) is 4.72. The van der Waals surface area contributed by atoms with Crippen LogP contribution in [-0.2, 0) is 25.4 Å². The van der Waals surface area contributed by atoms with Crippen LogP contribution in [-0.4, -0.2) is 64.5 Å². The first-order chi connectivity index (χ1) is 15.9. The van der Waals surface area contributed by atoms with Crippen LogP contribution in [0, 0.1) is 5.92 Å². The number of rotatable bonds is 7. The van der Waals surface area contributed by atoms with Gasteiger partial charge in [-0.1, -0.05) is 43.7 Å². The van der Waals surface area contributed by atoms with Crippen molar-refractivity contribution in [2.24, 2.45) is 5.92 Å². The molecule has 2 aliphatic rings. The standard InChI is InChI=1S/C26H38N2O6/c1-7-11-19(15-21-17-33-26(5,6)28(21)24(31)34-25(2,3)4)22(29)27-20(16-32-23(27)30)14-18-12-9-8-10-13-18/h8-10,12-13,19-21H,7,11,14-17H2,1-6H3. The summed E-state index contributed by atoms with van der Waals surface area (Å²) in [6.07, 6.45) is 1.23. The molecule has 0 radical (unpaired) electrons. The highest BCUT2D eigenvalue weighted by atomic mass is 16.6. The van der Waals surface area contributed by atoms with Crippen molar-refractivity contribution in [2.75, 3.05) is 13.2 Å². The van der Waals surface area contributed by atoms with Gasteiger partial charge in [-0.15, -0.1) is 0 Å². The zero-order valence-electron chi connectivity index (χ0n) is 21.2. The van der Waals surface area contributed by atoms with Gasteiger partial charge in [0.15, 0.2) is 0 Å². The molecular formula is C26H38N2O6. The zero-order chi connectivity index (χ0) is 25.1. The maximum Gasteiger partial charge on any atom is 0.416 e. The number of carbonyl (C=O) groups excluding carboxylic acids is 3. The Morgan fingerprint density at radius 1 is 1.15 bits per heavy atom. The summed E-state index contributed by atoms with van der Waals surface area (Å²) in [6, 6.07) is 9.08. The second-order valence-electron chi connectivity index (χ2n) is 10.6. The van der Waals surface area contributed by atoms with Crippen molar-refractivity contribution in [2.45, 2.75) is 90.6 Å². The largest absolute Gasteiger partial charge is 0.447 e. The van der Waals surface area contributed by atoms with Crippen LogP contribution in [0.5, 0.6) is 0 Å². The van der Waals surface area contributed by atoms with E-state index in [1.165, 1.54) is 4.90 Å². The van der Waals surface area contributed by atoms with E-state index < -0.39 is 29.4 Å². The van der Waals surface area contributed by atoms with Gasteiger partial charge in [-0.25, -0.2) is 14.5 Å². The van der Waals surface area contributed by atoms with E-state index in [4.69, 9.17) is 14.2 Å². The summed E-state index contributed by atoms with van der Waals surface area (Å²) in [5.74, 6) is -0.694. The highest BCUT2D eigenvalue weighted by Crippen LogP contribution is 2.34. The topological polar surface area (TPSA) is 85.4 Å². The average molecular weight is 475 g/mol. The van der Waals surface area contributed by atoms with Gasteiger partial charge in [-0.2, -0.15) is 0 Å². The molecule has 2 fully saturated rings. The van der Waals surface area contributed by atoms with Gasteiger partial charge in [-0.3, -0.25) is 9.69 Å². The first-order valence-corrected chi connectivity index (χ1v) is 12.1. The summed E-state index contributed by atoms with van der Waals surface area (Å²) in [5.41, 5.74) is -0.462. The minimum absolute atomic E-state index is 0.182. The number of cyclic esters (lactones) is 1. The molecule has 1 aromatic rings. The van der Waals surface area contributed by atoms with Gasteiger partial charge in [0.1, 0.15) is 17.9 Å². The summed E-state index contributed by atoms with van der Waals surface area (Å²) in [7, 11) is 0. The summed E-state index contributed by atoms with van der Waals surface area (Å²) in [5, 5.41) is 0. The number of amides is 3. The molecule has 3 rings (SSSR count). The molecular weight excluding hydrogens is 436 g/mol. The minimum atomic E-state index is -0.852. The van der Waals surface area contributed by atoms with E-state index in [0.717, 1.165) is 12.0 Å². The smallest absolute Gasteiger partial charge is 0.416 e. The van der Waals surface area contributed by atoms with Crippen molar-refractivity contribution >= 4 is 18.1 Å². The third-order valence-electron chi connectivity index (χ3n) is 6.22. The number of hydrogen-bond acceptors (Lipinski definition) is 6. The van der Waals surface area contributed by atoms with Crippen molar-refractivity contribution in [3.05, 3.63) is 35.9 Å². The van der Waals surface area contributed by atoms with E-state index in [2.05, 4.69) is 0 Å². The Labute approximate surface area is 202 Å². The third-order valence-corrected chi connectivity index (χ3v) is 6.22. The SMILES string of the molecule is CCCC(CC1COC(C)(C)N1C(=O)OC(C)(C)C)C(=O)N1C(=O)OCC1Cc1ccccc1. The van der Waals surface area contributed by atoms with Gasteiger partial charge >= 0.3 is 12.2 Å². The lowest BCUT2D eigenvalue weighted by molar-refractivity contribution is -0.134.